The molecule has 0 atom stereocenters. The van der Waals surface area contributed by atoms with Crippen molar-refractivity contribution in [3.63, 3.8) is 0 Å². The molecule has 0 bridgehead atoms. The van der Waals surface area contributed by atoms with Gasteiger partial charge in [0.05, 0.1) is 5.60 Å². The molecule has 0 heterocycles. The van der Waals surface area contributed by atoms with Crippen molar-refractivity contribution in [1.82, 2.24) is 0 Å². The molecule has 0 fully saturated rings. The molecular weight excluding hydrogens is 196 g/mol. The molecule has 0 unspecified atom stereocenters. The standard InChI is InChI=1S/C11H22O4/c1-7-8-9(12)13-11(5,6)15-14-10(2,3)4/h7-8H2,1-6H3. The Morgan fingerprint density at radius 3 is 2.00 bits per heavy atom. The van der Waals surface area contributed by atoms with Crippen molar-refractivity contribution in [3.8, 4) is 0 Å². The van der Waals surface area contributed by atoms with Gasteiger partial charge in [0.2, 0.25) is 5.79 Å². The van der Waals surface area contributed by atoms with Gasteiger partial charge in [-0.15, -0.1) is 0 Å². The van der Waals surface area contributed by atoms with Gasteiger partial charge in [-0.05, 0) is 27.2 Å². The number of esters is 1. The molecule has 4 heteroatoms. The lowest BCUT2D eigenvalue weighted by atomic mass is 10.2. The maximum Gasteiger partial charge on any atom is 0.308 e. The summed E-state index contributed by atoms with van der Waals surface area (Å²) in [7, 11) is 0. The molecule has 0 radical (unpaired) electrons. The van der Waals surface area contributed by atoms with Crippen LogP contribution < -0.4 is 0 Å². The number of hydrogen-bond donors (Lipinski definition) is 0. The van der Waals surface area contributed by atoms with E-state index in [4.69, 9.17) is 14.5 Å². The molecular formula is C11H22O4. The van der Waals surface area contributed by atoms with E-state index in [0.717, 1.165) is 6.42 Å². The van der Waals surface area contributed by atoms with Gasteiger partial charge >= 0.3 is 5.97 Å². The Balaban J connectivity index is 4.02. The molecule has 0 aliphatic rings. The summed E-state index contributed by atoms with van der Waals surface area (Å²) in [6, 6.07) is 0. The minimum absolute atomic E-state index is 0.278. The summed E-state index contributed by atoms with van der Waals surface area (Å²) >= 11 is 0. The van der Waals surface area contributed by atoms with Crippen LogP contribution in [0.3, 0.4) is 0 Å². The third kappa shape index (κ3) is 8.39. The van der Waals surface area contributed by atoms with E-state index in [1.165, 1.54) is 0 Å². The van der Waals surface area contributed by atoms with E-state index in [0.29, 0.717) is 6.42 Å². The predicted molar refractivity (Wildman–Crippen MR) is 57.0 cm³/mol. The van der Waals surface area contributed by atoms with Crippen molar-refractivity contribution in [2.24, 2.45) is 0 Å². The lowest BCUT2D eigenvalue weighted by Gasteiger charge is -2.28. The lowest BCUT2D eigenvalue weighted by Crippen LogP contribution is -2.35. The largest absolute Gasteiger partial charge is 0.431 e. The third-order valence-electron chi connectivity index (χ3n) is 1.31. The van der Waals surface area contributed by atoms with Gasteiger partial charge in [0.15, 0.2) is 0 Å². The summed E-state index contributed by atoms with van der Waals surface area (Å²) in [5.41, 5.74) is -0.422. The second-order valence-corrected chi connectivity index (χ2v) is 4.90. The van der Waals surface area contributed by atoms with Crippen molar-refractivity contribution < 1.29 is 19.3 Å². The number of rotatable bonds is 5. The fraction of sp³-hybridized carbons (Fsp3) is 0.909. The third-order valence-corrected chi connectivity index (χ3v) is 1.31. The Hall–Kier alpha value is -0.610. The Morgan fingerprint density at radius 1 is 1.07 bits per heavy atom. The SMILES string of the molecule is CCCC(=O)OC(C)(C)OOC(C)(C)C. The van der Waals surface area contributed by atoms with E-state index < -0.39 is 11.4 Å². The highest BCUT2D eigenvalue weighted by Gasteiger charge is 2.27. The van der Waals surface area contributed by atoms with Crippen LogP contribution in [0, 0.1) is 0 Å². The van der Waals surface area contributed by atoms with Gasteiger partial charge in [-0.3, -0.25) is 4.79 Å². The van der Waals surface area contributed by atoms with Crippen molar-refractivity contribution in [2.75, 3.05) is 0 Å². The second kappa shape index (κ2) is 5.47. The minimum atomic E-state index is -1.04. The zero-order valence-electron chi connectivity index (χ0n) is 10.5. The molecule has 0 saturated heterocycles. The molecule has 4 nitrogen and oxygen atoms in total. The van der Waals surface area contributed by atoms with E-state index in [-0.39, 0.29) is 5.97 Å². The molecule has 0 saturated carbocycles. The van der Waals surface area contributed by atoms with Crippen molar-refractivity contribution in [3.05, 3.63) is 0 Å². The predicted octanol–water partition coefficient (Wildman–Crippen LogP) is 2.81. The van der Waals surface area contributed by atoms with Crippen molar-refractivity contribution in [1.29, 1.82) is 0 Å². The molecule has 90 valence electrons. The molecule has 15 heavy (non-hydrogen) atoms. The molecule has 0 aromatic heterocycles. The highest BCUT2D eigenvalue weighted by atomic mass is 17.2. The van der Waals surface area contributed by atoms with Gasteiger partial charge in [0, 0.05) is 20.3 Å². The zero-order valence-corrected chi connectivity index (χ0v) is 10.5. The van der Waals surface area contributed by atoms with E-state index in [1.807, 2.05) is 27.7 Å². The quantitative estimate of drug-likeness (QED) is 0.308. The summed E-state index contributed by atoms with van der Waals surface area (Å²) in [6.07, 6.45) is 1.15. The molecule has 0 aliphatic carbocycles. The summed E-state index contributed by atoms with van der Waals surface area (Å²) in [5, 5.41) is 0. The first-order valence-corrected chi connectivity index (χ1v) is 5.25. The van der Waals surface area contributed by atoms with Crippen LogP contribution in [-0.2, 0) is 19.3 Å². The van der Waals surface area contributed by atoms with E-state index in [9.17, 15) is 4.79 Å². The van der Waals surface area contributed by atoms with E-state index in [1.54, 1.807) is 13.8 Å². The molecule has 0 rings (SSSR count). The zero-order chi connectivity index (χ0) is 12.1. The van der Waals surface area contributed by atoms with Gasteiger partial charge < -0.3 is 4.74 Å². The Labute approximate surface area is 91.8 Å². The van der Waals surface area contributed by atoms with Gasteiger partial charge in [0.1, 0.15) is 0 Å². The normalized spacial score (nSPS) is 12.7. The summed E-state index contributed by atoms with van der Waals surface area (Å²) in [4.78, 5) is 21.4. The van der Waals surface area contributed by atoms with Crippen LogP contribution in [0.1, 0.15) is 54.4 Å². The summed E-state index contributed by atoms with van der Waals surface area (Å²) < 4.78 is 5.09. The number of carbonyl (C=O) groups is 1. The van der Waals surface area contributed by atoms with Gasteiger partial charge in [-0.1, -0.05) is 6.92 Å². The van der Waals surface area contributed by atoms with Gasteiger partial charge in [-0.25, -0.2) is 4.89 Å². The molecule has 0 aromatic carbocycles. The van der Waals surface area contributed by atoms with Crippen LogP contribution in [0.25, 0.3) is 0 Å². The van der Waals surface area contributed by atoms with Crippen LogP contribution in [-0.4, -0.2) is 17.4 Å². The Bertz CT molecular complexity index is 203. The molecule has 0 aliphatic heterocycles. The van der Waals surface area contributed by atoms with Crippen molar-refractivity contribution in [2.45, 2.75) is 65.8 Å². The molecule has 0 aromatic rings. The number of carbonyl (C=O) groups excluding carboxylic acids is 1. The van der Waals surface area contributed by atoms with Crippen LogP contribution in [0.15, 0.2) is 0 Å². The Kier molecular flexibility index (Phi) is 5.24. The van der Waals surface area contributed by atoms with Gasteiger partial charge in [0.25, 0.3) is 0 Å². The smallest absolute Gasteiger partial charge is 0.308 e. The summed E-state index contributed by atoms with van der Waals surface area (Å²) in [5.74, 6) is -1.32. The first-order valence-electron chi connectivity index (χ1n) is 5.25. The number of ether oxygens (including phenoxy) is 1. The fourth-order valence-corrected chi connectivity index (χ4v) is 0.772. The molecule has 0 spiro atoms. The maximum atomic E-state index is 11.2. The first-order chi connectivity index (χ1) is 6.66. The van der Waals surface area contributed by atoms with E-state index in [2.05, 4.69) is 0 Å². The van der Waals surface area contributed by atoms with Crippen LogP contribution in [0.2, 0.25) is 0 Å². The molecule has 0 amide bonds. The first kappa shape index (κ1) is 14.4. The van der Waals surface area contributed by atoms with Crippen molar-refractivity contribution >= 4 is 5.97 Å². The van der Waals surface area contributed by atoms with Gasteiger partial charge in [-0.2, -0.15) is 4.89 Å². The maximum absolute atomic E-state index is 11.2. The topological polar surface area (TPSA) is 44.8 Å². The number of hydrogen-bond acceptors (Lipinski definition) is 4. The highest BCUT2D eigenvalue weighted by molar-refractivity contribution is 5.69. The minimum Gasteiger partial charge on any atom is -0.431 e. The second-order valence-electron chi connectivity index (χ2n) is 4.90. The fourth-order valence-electron chi connectivity index (χ4n) is 0.772. The average Bonchev–Trinajstić information content (AvgIpc) is 1.99. The van der Waals surface area contributed by atoms with Crippen LogP contribution in [0.5, 0.6) is 0 Å². The van der Waals surface area contributed by atoms with E-state index >= 15 is 0 Å². The van der Waals surface area contributed by atoms with Crippen LogP contribution >= 0.6 is 0 Å². The van der Waals surface area contributed by atoms with Crippen LogP contribution in [0.4, 0.5) is 0 Å². The summed E-state index contributed by atoms with van der Waals surface area (Å²) in [6.45, 7) is 10.8. The lowest BCUT2D eigenvalue weighted by molar-refractivity contribution is -0.441. The average molecular weight is 218 g/mol. The Morgan fingerprint density at radius 2 is 1.60 bits per heavy atom. The monoisotopic (exact) mass is 218 g/mol. The molecule has 0 N–H and O–H groups in total. The highest BCUT2D eigenvalue weighted by Crippen LogP contribution is 2.18.